The van der Waals surface area contributed by atoms with Crippen LogP contribution in [0.3, 0.4) is 0 Å². The normalized spacial score (nSPS) is 13.0. The minimum Gasteiger partial charge on any atom is -0.491 e. The first-order valence-electron chi connectivity index (χ1n) is 8.34. The molecule has 0 bridgehead atoms. The Morgan fingerprint density at radius 3 is 2.46 bits per heavy atom. The van der Waals surface area contributed by atoms with Crippen LogP contribution in [0.25, 0.3) is 0 Å². The largest absolute Gasteiger partial charge is 0.491 e. The Balaban J connectivity index is 0.00000625. The fraction of sp³-hybridized carbons (Fsp3) is 0.588. The van der Waals surface area contributed by atoms with E-state index >= 15 is 0 Å². The van der Waals surface area contributed by atoms with Gasteiger partial charge < -0.3 is 20.9 Å². The first kappa shape index (κ1) is 24.8. The molecule has 9 heteroatoms. The van der Waals surface area contributed by atoms with E-state index in [0.717, 1.165) is 37.9 Å². The van der Waals surface area contributed by atoms with E-state index in [0.29, 0.717) is 0 Å². The molecule has 0 aliphatic carbocycles. The number of nitrogens with two attached hydrogens (primary N) is 1. The van der Waals surface area contributed by atoms with Gasteiger partial charge in [0.05, 0.1) is 12.1 Å². The standard InChI is InChI=1S/C17H26F3N3O2.HI/c1-2-3-4-5-10-22-16(21)23-11-14(24)12-25-15-8-6-13(7-9-15)17(18,19)20;/h6-9,14,24H,2-5,10-12H2,1H3,(H3,21,22,23);1H. The van der Waals surface area contributed by atoms with Crippen molar-refractivity contribution in [2.24, 2.45) is 10.7 Å². The second-order valence-corrected chi connectivity index (χ2v) is 5.70. The van der Waals surface area contributed by atoms with Gasteiger partial charge in [0.25, 0.3) is 0 Å². The molecule has 0 radical (unpaired) electrons. The zero-order valence-electron chi connectivity index (χ0n) is 14.8. The zero-order valence-corrected chi connectivity index (χ0v) is 17.1. The molecule has 0 heterocycles. The summed E-state index contributed by atoms with van der Waals surface area (Å²) in [6, 6.07) is 4.29. The second kappa shape index (κ2) is 13.0. The summed E-state index contributed by atoms with van der Waals surface area (Å²) in [6.07, 6.45) is -0.812. The van der Waals surface area contributed by atoms with Crippen molar-refractivity contribution in [3.63, 3.8) is 0 Å². The van der Waals surface area contributed by atoms with Crippen LogP contribution in [-0.4, -0.2) is 36.9 Å². The van der Waals surface area contributed by atoms with Gasteiger partial charge in [-0.05, 0) is 30.7 Å². The van der Waals surface area contributed by atoms with Crippen molar-refractivity contribution < 1.29 is 23.0 Å². The van der Waals surface area contributed by atoms with Gasteiger partial charge in [-0.3, -0.25) is 4.99 Å². The summed E-state index contributed by atoms with van der Waals surface area (Å²) in [7, 11) is 0. The number of halogens is 4. The Bertz CT molecular complexity index is 525. The number of benzene rings is 1. The van der Waals surface area contributed by atoms with Gasteiger partial charge in [-0.25, -0.2) is 0 Å². The van der Waals surface area contributed by atoms with Gasteiger partial charge in [-0.15, -0.1) is 24.0 Å². The van der Waals surface area contributed by atoms with Gasteiger partial charge in [-0.1, -0.05) is 26.2 Å². The Hall–Kier alpha value is -1.23. The lowest BCUT2D eigenvalue weighted by Crippen LogP contribution is -2.34. The van der Waals surface area contributed by atoms with Crippen LogP contribution < -0.4 is 15.8 Å². The van der Waals surface area contributed by atoms with E-state index in [-0.39, 0.29) is 48.8 Å². The van der Waals surface area contributed by atoms with Gasteiger partial charge in [0.1, 0.15) is 18.5 Å². The van der Waals surface area contributed by atoms with Crippen molar-refractivity contribution in [3.8, 4) is 5.75 Å². The third-order valence-electron chi connectivity index (χ3n) is 3.43. The minimum atomic E-state index is -4.38. The number of hydrogen-bond donors (Lipinski definition) is 3. The van der Waals surface area contributed by atoms with Gasteiger partial charge in [0.2, 0.25) is 0 Å². The van der Waals surface area contributed by atoms with E-state index in [9.17, 15) is 18.3 Å². The van der Waals surface area contributed by atoms with Crippen LogP contribution in [0.15, 0.2) is 29.3 Å². The first-order valence-corrected chi connectivity index (χ1v) is 8.34. The Kier molecular flexibility index (Phi) is 12.4. The van der Waals surface area contributed by atoms with Crippen molar-refractivity contribution in [1.29, 1.82) is 0 Å². The summed E-state index contributed by atoms with van der Waals surface area (Å²) in [5.74, 6) is 0.503. The number of ether oxygens (including phenoxy) is 1. The van der Waals surface area contributed by atoms with Gasteiger partial charge in [0.15, 0.2) is 5.96 Å². The highest BCUT2D eigenvalue weighted by molar-refractivity contribution is 14.0. The first-order chi connectivity index (χ1) is 11.8. The number of hydrogen-bond acceptors (Lipinski definition) is 3. The van der Waals surface area contributed by atoms with Crippen molar-refractivity contribution >= 4 is 29.9 Å². The van der Waals surface area contributed by atoms with Crippen molar-refractivity contribution in [2.45, 2.75) is 44.9 Å². The van der Waals surface area contributed by atoms with Gasteiger partial charge >= 0.3 is 6.18 Å². The predicted molar refractivity (Wildman–Crippen MR) is 107 cm³/mol. The molecule has 0 saturated carbocycles. The van der Waals surface area contributed by atoms with E-state index in [4.69, 9.17) is 10.5 Å². The average molecular weight is 489 g/mol. The van der Waals surface area contributed by atoms with Gasteiger partial charge in [-0.2, -0.15) is 13.2 Å². The number of guanidine groups is 1. The Labute approximate surface area is 169 Å². The molecule has 0 aliphatic rings. The summed E-state index contributed by atoms with van der Waals surface area (Å²) >= 11 is 0. The van der Waals surface area contributed by atoms with E-state index in [1.807, 2.05) is 0 Å². The van der Waals surface area contributed by atoms with Crippen LogP contribution >= 0.6 is 24.0 Å². The number of nitrogens with one attached hydrogen (secondary N) is 1. The summed E-state index contributed by atoms with van der Waals surface area (Å²) in [6.45, 7) is 2.83. The Morgan fingerprint density at radius 2 is 1.88 bits per heavy atom. The van der Waals surface area contributed by atoms with Crippen molar-refractivity contribution in [2.75, 3.05) is 19.7 Å². The molecule has 1 aromatic rings. The zero-order chi connectivity index (χ0) is 18.7. The fourth-order valence-corrected chi connectivity index (χ4v) is 2.01. The lowest BCUT2D eigenvalue weighted by Gasteiger charge is -2.12. The van der Waals surface area contributed by atoms with Crippen LogP contribution in [-0.2, 0) is 6.18 Å². The maximum Gasteiger partial charge on any atom is 0.416 e. The average Bonchev–Trinajstić information content (AvgIpc) is 2.57. The molecule has 1 atom stereocenters. The molecule has 5 nitrogen and oxygen atoms in total. The van der Waals surface area contributed by atoms with Crippen LogP contribution in [0.4, 0.5) is 13.2 Å². The monoisotopic (exact) mass is 489 g/mol. The molecule has 1 rings (SSSR count). The van der Waals surface area contributed by atoms with E-state index in [1.54, 1.807) is 0 Å². The maximum absolute atomic E-state index is 12.4. The van der Waals surface area contributed by atoms with Crippen molar-refractivity contribution in [3.05, 3.63) is 29.8 Å². The Morgan fingerprint density at radius 1 is 1.23 bits per heavy atom. The number of aliphatic imine (C=N–C) groups is 1. The minimum absolute atomic E-state index is 0. The molecule has 0 amide bonds. The summed E-state index contributed by atoms with van der Waals surface area (Å²) in [4.78, 5) is 4.01. The molecule has 1 aromatic carbocycles. The van der Waals surface area contributed by atoms with Crippen LogP contribution in [0.5, 0.6) is 5.75 Å². The number of nitrogens with zero attached hydrogens (tertiary/aromatic N) is 1. The number of unbranched alkanes of at least 4 members (excludes halogenated alkanes) is 3. The molecule has 0 fully saturated rings. The highest BCUT2D eigenvalue weighted by atomic mass is 127. The third kappa shape index (κ3) is 10.7. The van der Waals surface area contributed by atoms with Crippen molar-refractivity contribution in [1.82, 2.24) is 5.32 Å². The van der Waals surface area contributed by atoms with E-state index in [1.165, 1.54) is 18.6 Å². The maximum atomic E-state index is 12.4. The fourth-order valence-electron chi connectivity index (χ4n) is 2.01. The molecule has 26 heavy (non-hydrogen) atoms. The molecule has 150 valence electrons. The number of aliphatic hydroxyl groups is 1. The molecule has 0 spiro atoms. The number of alkyl halides is 3. The topological polar surface area (TPSA) is 79.9 Å². The third-order valence-corrected chi connectivity index (χ3v) is 3.43. The molecular weight excluding hydrogens is 462 g/mol. The highest BCUT2D eigenvalue weighted by Crippen LogP contribution is 2.30. The molecular formula is C17H27F3IN3O2. The summed E-state index contributed by atoms with van der Waals surface area (Å²) in [5, 5.41) is 12.7. The van der Waals surface area contributed by atoms with Crippen LogP contribution in [0.1, 0.15) is 38.2 Å². The molecule has 4 N–H and O–H groups in total. The smallest absolute Gasteiger partial charge is 0.416 e. The quantitative estimate of drug-likeness (QED) is 0.203. The summed E-state index contributed by atoms with van der Waals surface area (Å²) < 4.78 is 42.6. The SMILES string of the molecule is CCCCCCNC(N)=NCC(O)COc1ccc(C(F)(F)F)cc1.I. The van der Waals surface area contributed by atoms with E-state index in [2.05, 4.69) is 17.2 Å². The molecule has 0 aromatic heterocycles. The van der Waals surface area contributed by atoms with E-state index < -0.39 is 17.8 Å². The molecule has 0 saturated heterocycles. The number of rotatable bonds is 10. The van der Waals surface area contributed by atoms with Gasteiger partial charge in [0, 0.05) is 6.54 Å². The number of aliphatic hydroxyl groups excluding tert-OH is 1. The van der Waals surface area contributed by atoms with Crippen LogP contribution in [0, 0.1) is 0 Å². The predicted octanol–water partition coefficient (Wildman–Crippen LogP) is 3.55. The highest BCUT2D eigenvalue weighted by Gasteiger charge is 2.30. The molecule has 0 aliphatic heterocycles. The lowest BCUT2D eigenvalue weighted by atomic mass is 10.2. The van der Waals surface area contributed by atoms with Crippen LogP contribution in [0.2, 0.25) is 0 Å². The summed E-state index contributed by atoms with van der Waals surface area (Å²) in [5.41, 5.74) is 4.93. The molecule has 1 unspecified atom stereocenters. The lowest BCUT2D eigenvalue weighted by molar-refractivity contribution is -0.137. The second-order valence-electron chi connectivity index (χ2n) is 5.70.